The summed E-state index contributed by atoms with van der Waals surface area (Å²) >= 11 is 0. The van der Waals surface area contributed by atoms with Crippen molar-refractivity contribution in [2.75, 3.05) is 39.1 Å². The van der Waals surface area contributed by atoms with Gasteiger partial charge in [0, 0.05) is 25.9 Å². The lowest BCUT2D eigenvalue weighted by molar-refractivity contribution is 0.185. The fourth-order valence-corrected chi connectivity index (χ4v) is 2.64. The van der Waals surface area contributed by atoms with Crippen LogP contribution in [0.3, 0.4) is 0 Å². The number of methoxy groups -OCH3 is 1. The van der Waals surface area contributed by atoms with Crippen LogP contribution in [0, 0.1) is 5.92 Å². The van der Waals surface area contributed by atoms with Gasteiger partial charge in [0.15, 0.2) is 0 Å². The first kappa shape index (κ1) is 13.4. The maximum Gasteiger partial charge on any atom is 0.0713 e. The molecule has 100 valence electrons. The molecular weight excluding hydrogens is 224 g/mol. The van der Waals surface area contributed by atoms with Crippen molar-refractivity contribution in [1.82, 2.24) is 4.90 Å². The third-order valence-electron chi connectivity index (χ3n) is 3.55. The summed E-state index contributed by atoms with van der Waals surface area (Å²) in [6.07, 6.45) is 2.67. The molecule has 0 aromatic heterocycles. The molecule has 1 saturated heterocycles. The van der Waals surface area contributed by atoms with Crippen LogP contribution in [0.5, 0.6) is 0 Å². The Hall–Kier alpha value is -1.06. The van der Waals surface area contributed by atoms with Crippen molar-refractivity contribution >= 4 is 5.69 Å². The molecule has 0 spiro atoms. The van der Waals surface area contributed by atoms with Crippen molar-refractivity contribution < 1.29 is 4.74 Å². The average molecular weight is 248 g/mol. The van der Waals surface area contributed by atoms with Crippen molar-refractivity contribution in [2.24, 2.45) is 5.92 Å². The number of piperidine rings is 1. The molecule has 0 radical (unpaired) electrons. The lowest BCUT2D eigenvalue weighted by Gasteiger charge is -2.30. The van der Waals surface area contributed by atoms with Crippen molar-refractivity contribution in [3.05, 3.63) is 29.8 Å². The number of ether oxygens (including phenoxy) is 1. The van der Waals surface area contributed by atoms with E-state index in [1.807, 2.05) is 0 Å². The van der Waals surface area contributed by atoms with Gasteiger partial charge in [-0.2, -0.15) is 0 Å². The summed E-state index contributed by atoms with van der Waals surface area (Å²) in [5, 5.41) is 3.55. The molecule has 0 bridgehead atoms. The smallest absolute Gasteiger partial charge is 0.0713 e. The Bertz CT molecular complexity index is 367. The summed E-state index contributed by atoms with van der Waals surface area (Å²) in [5.41, 5.74) is 2.43. The summed E-state index contributed by atoms with van der Waals surface area (Å²) in [6, 6.07) is 8.49. The minimum atomic E-state index is 0.682. The molecule has 1 unspecified atom stereocenters. The van der Waals surface area contributed by atoms with Gasteiger partial charge in [-0.15, -0.1) is 0 Å². The minimum absolute atomic E-state index is 0.682. The number of nitrogens with one attached hydrogen (secondary N) is 1. The second kappa shape index (κ2) is 6.76. The molecule has 0 aliphatic carbocycles. The Morgan fingerprint density at radius 1 is 1.44 bits per heavy atom. The zero-order valence-corrected chi connectivity index (χ0v) is 11.5. The molecule has 1 aliphatic rings. The zero-order valence-electron chi connectivity index (χ0n) is 11.5. The van der Waals surface area contributed by atoms with E-state index in [4.69, 9.17) is 4.74 Å². The summed E-state index contributed by atoms with van der Waals surface area (Å²) in [5.74, 6) is 0.773. The topological polar surface area (TPSA) is 24.5 Å². The van der Waals surface area contributed by atoms with E-state index in [1.54, 1.807) is 7.11 Å². The number of hydrogen-bond acceptors (Lipinski definition) is 3. The predicted molar refractivity (Wildman–Crippen MR) is 75.9 cm³/mol. The monoisotopic (exact) mass is 248 g/mol. The SMILES string of the molecule is COCc1cccc(NCC2CCCN(C)C2)c1. The number of nitrogens with zero attached hydrogens (tertiary/aromatic N) is 1. The van der Waals surface area contributed by atoms with E-state index in [9.17, 15) is 0 Å². The van der Waals surface area contributed by atoms with Gasteiger partial charge in [0.25, 0.3) is 0 Å². The Balaban J connectivity index is 1.83. The van der Waals surface area contributed by atoms with Crippen LogP contribution in [-0.4, -0.2) is 38.7 Å². The number of benzene rings is 1. The van der Waals surface area contributed by atoms with E-state index >= 15 is 0 Å². The van der Waals surface area contributed by atoms with Gasteiger partial charge in [-0.25, -0.2) is 0 Å². The Morgan fingerprint density at radius 2 is 2.33 bits per heavy atom. The van der Waals surface area contributed by atoms with Crippen molar-refractivity contribution in [3.63, 3.8) is 0 Å². The van der Waals surface area contributed by atoms with Crippen molar-refractivity contribution in [2.45, 2.75) is 19.4 Å². The highest BCUT2D eigenvalue weighted by Crippen LogP contribution is 2.17. The highest BCUT2D eigenvalue weighted by atomic mass is 16.5. The van der Waals surface area contributed by atoms with E-state index in [2.05, 4.69) is 41.5 Å². The largest absolute Gasteiger partial charge is 0.385 e. The highest BCUT2D eigenvalue weighted by Gasteiger charge is 2.16. The predicted octanol–water partition coefficient (Wildman–Crippen LogP) is 2.59. The molecule has 0 saturated carbocycles. The summed E-state index contributed by atoms with van der Waals surface area (Å²) in [6.45, 7) is 4.22. The van der Waals surface area contributed by atoms with Crippen LogP contribution >= 0.6 is 0 Å². The van der Waals surface area contributed by atoms with E-state index in [-0.39, 0.29) is 0 Å². The quantitative estimate of drug-likeness (QED) is 0.867. The van der Waals surface area contributed by atoms with Gasteiger partial charge >= 0.3 is 0 Å². The first-order valence-corrected chi connectivity index (χ1v) is 6.78. The molecular formula is C15H24N2O. The van der Waals surface area contributed by atoms with Gasteiger partial charge in [0.05, 0.1) is 6.61 Å². The number of likely N-dealkylation sites (tertiary alicyclic amines) is 1. The minimum Gasteiger partial charge on any atom is -0.385 e. The summed E-state index contributed by atoms with van der Waals surface area (Å²) in [7, 11) is 3.95. The maximum atomic E-state index is 5.16. The molecule has 18 heavy (non-hydrogen) atoms. The van der Waals surface area contributed by atoms with E-state index < -0.39 is 0 Å². The van der Waals surface area contributed by atoms with Gasteiger partial charge in [0.1, 0.15) is 0 Å². The molecule has 3 nitrogen and oxygen atoms in total. The van der Waals surface area contributed by atoms with Crippen LogP contribution in [0.2, 0.25) is 0 Å². The van der Waals surface area contributed by atoms with Crippen LogP contribution in [0.1, 0.15) is 18.4 Å². The highest BCUT2D eigenvalue weighted by molar-refractivity contribution is 5.45. The molecule has 1 fully saturated rings. The molecule has 1 aliphatic heterocycles. The molecule has 1 aromatic rings. The molecule has 2 rings (SSSR count). The summed E-state index contributed by atoms with van der Waals surface area (Å²) in [4.78, 5) is 2.43. The van der Waals surface area contributed by atoms with Gasteiger partial charge in [0.2, 0.25) is 0 Å². The molecule has 3 heteroatoms. The molecule has 1 aromatic carbocycles. The first-order valence-electron chi connectivity index (χ1n) is 6.78. The molecule has 1 N–H and O–H groups in total. The maximum absolute atomic E-state index is 5.16. The third kappa shape index (κ3) is 4.00. The summed E-state index contributed by atoms with van der Waals surface area (Å²) < 4.78 is 5.16. The van der Waals surface area contributed by atoms with Crippen LogP contribution < -0.4 is 5.32 Å². The zero-order chi connectivity index (χ0) is 12.8. The Labute approximate surface area is 110 Å². The average Bonchev–Trinajstić information content (AvgIpc) is 2.37. The number of rotatable bonds is 5. The normalized spacial score (nSPS) is 20.9. The third-order valence-corrected chi connectivity index (χ3v) is 3.55. The molecule has 0 amide bonds. The first-order chi connectivity index (χ1) is 8.78. The van der Waals surface area contributed by atoms with Gasteiger partial charge < -0.3 is 15.0 Å². The van der Waals surface area contributed by atoms with Crippen LogP contribution in [0.25, 0.3) is 0 Å². The molecule has 1 atom stereocenters. The Morgan fingerprint density at radius 3 is 3.11 bits per heavy atom. The van der Waals surface area contributed by atoms with Crippen LogP contribution in [0.15, 0.2) is 24.3 Å². The lowest BCUT2D eigenvalue weighted by Crippen LogP contribution is -2.35. The van der Waals surface area contributed by atoms with E-state index in [1.165, 1.54) is 37.2 Å². The van der Waals surface area contributed by atoms with Gasteiger partial charge in [-0.3, -0.25) is 0 Å². The van der Waals surface area contributed by atoms with Crippen molar-refractivity contribution in [3.8, 4) is 0 Å². The van der Waals surface area contributed by atoms with Crippen molar-refractivity contribution in [1.29, 1.82) is 0 Å². The van der Waals surface area contributed by atoms with Crippen LogP contribution in [0.4, 0.5) is 5.69 Å². The van der Waals surface area contributed by atoms with Gasteiger partial charge in [-0.1, -0.05) is 12.1 Å². The van der Waals surface area contributed by atoms with Gasteiger partial charge in [-0.05, 0) is 50.0 Å². The lowest BCUT2D eigenvalue weighted by atomic mass is 9.98. The fraction of sp³-hybridized carbons (Fsp3) is 0.600. The number of anilines is 1. The number of hydrogen-bond donors (Lipinski definition) is 1. The second-order valence-electron chi connectivity index (χ2n) is 5.28. The Kier molecular flexibility index (Phi) is 5.02. The van der Waals surface area contributed by atoms with E-state index in [0.717, 1.165) is 12.5 Å². The second-order valence-corrected chi connectivity index (χ2v) is 5.28. The van der Waals surface area contributed by atoms with E-state index in [0.29, 0.717) is 6.61 Å². The molecule has 1 heterocycles. The standard InChI is InChI=1S/C15H24N2O/c1-17-8-4-6-14(11-17)10-16-15-7-3-5-13(9-15)12-18-2/h3,5,7,9,14,16H,4,6,8,10-12H2,1-2H3. The fourth-order valence-electron chi connectivity index (χ4n) is 2.64. The van der Waals surface area contributed by atoms with Crippen LogP contribution in [-0.2, 0) is 11.3 Å².